The third kappa shape index (κ3) is 5.77. The molecule has 5 heteroatoms. The average Bonchev–Trinajstić information content (AvgIpc) is 2.76. The molecular weight excluding hydrogens is 270 g/mol. The summed E-state index contributed by atoms with van der Waals surface area (Å²) < 4.78 is 5.05. The maximum absolute atomic E-state index is 5.05. The minimum Gasteiger partial charge on any atom is -0.383 e. The molecule has 0 amide bonds. The number of aromatic nitrogens is 1. The number of nitrogens with zero attached hydrogens (tertiary/aromatic N) is 2. The lowest BCUT2D eigenvalue weighted by atomic mass is 9.96. The lowest BCUT2D eigenvalue weighted by Crippen LogP contribution is -2.28. The zero-order valence-corrected chi connectivity index (χ0v) is 14.6. The monoisotopic (exact) mass is 299 g/mol. The quantitative estimate of drug-likeness (QED) is 0.749. The molecule has 116 valence electrons. The van der Waals surface area contributed by atoms with Crippen molar-refractivity contribution in [3.8, 4) is 0 Å². The molecule has 0 aliphatic rings. The molecule has 1 heterocycles. The van der Waals surface area contributed by atoms with E-state index in [4.69, 9.17) is 9.72 Å². The van der Waals surface area contributed by atoms with E-state index in [1.807, 2.05) is 0 Å². The van der Waals surface area contributed by atoms with Gasteiger partial charge in [0.2, 0.25) is 0 Å². The van der Waals surface area contributed by atoms with Crippen molar-refractivity contribution in [1.29, 1.82) is 0 Å². The Balaban J connectivity index is 2.67. The van der Waals surface area contributed by atoms with Gasteiger partial charge in [0.15, 0.2) is 5.13 Å². The highest BCUT2D eigenvalue weighted by Crippen LogP contribution is 2.28. The predicted octanol–water partition coefficient (Wildman–Crippen LogP) is 2.92. The van der Waals surface area contributed by atoms with Gasteiger partial charge in [-0.2, -0.15) is 0 Å². The molecule has 0 saturated heterocycles. The Bertz CT molecular complexity index is 398. The first kappa shape index (κ1) is 17.4. The Labute approximate surface area is 127 Å². The van der Waals surface area contributed by atoms with Gasteiger partial charge in [-0.1, -0.05) is 27.7 Å². The van der Waals surface area contributed by atoms with Crippen LogP contribution in [-0.4, -0.2) is 38.8 Å². The second kappa shape index (κ2) is 7.96. The molecule has 20 heavy (non-hydrogen) atoms. The molecule has 1 aromatic rings. The van der Waals surface area contributed by atoms with Crippen LogP contribution in [0.2, 0.25) is 0 Å². The Kier molecular flexibility index (Phi) is 6.92. The van der Waals surface area contributed by atoms with Crippen molar-refractivity contribution in [2.45, 2.75) is 40.7 Å². The number of ether oxygens (including phenoxy) is 1. The third-order valence-electron chi connectivity index (χ3n) is 2.91. The summed E-state index contributed by atoms with van der Waals surface area (Å²) in [6, 6.07) is 0. The Morgan fingerprint density at radius 1 is 1.35 bits per heavy atom. The highest BCUT2D eigenvalue weighted by atomic mass is 32.1. The van der Waals surface area contributed by atoms with E-state index in [0.717, 1.165) is 37.8 Å². The van der Waals surface area contributed by atoms with Crippen LogP contribution < -0.4 is 10.2 Å². The molecule has 0 aromatic carbocycles. The zero-order valence-electron chi connectivity index (χ0n) is 13.7. The van der Waals surface area contributed by atoms with Gasteiger partial charge >= 0.3 is 0 Å². The lowest BCUT2D eigenvalue weighted by Gasteiger charge is -2.26. The summed E-state index contributed by atoms with van der Waals surface area (Å²) in [4.78, 5) is 8.40. The molecule has 0 unspecified atom stereocenters. The highest BCUT2D eigenvalue weighted by molar-refractivity contribution is 7.15. The van der Waals surface area contributed by atoms with Gasteiger partial charge in [-0.15, -0.1) is 11.3 Å². The van der Waals surface area contributed by atoms with Gasteiger partial charge in [0.1, 0.15) is 0 Å². The van der Waals surface area contributed by atoms with Crippen molar-refractivity contribution in [2.75, 3.05) is 38.8 Å². The van der Waals surface area contributed by atoms with E-state index < -0.39 is 0 Å². The summed E-state index contributed by atoms with van der Waals surface area (Å²) in [5.74, 6) is 0. The SMILES string of the molecule is CCc1nc(N(C)CC(C)(C)C)sc1CNCCOC. The molecule has 1 rings (SSSR count). The van der Waals surface area contributed by atoms with E-state index in [2.05, 4.69) is 45.0 Å². The molecule has 0 atom stereocenters. The van der Waals surface area contributed by atoms with Gasteiger partial charge in [-0.05, 0) is 11.8 Å². The molecule has 0 spiro atoms. The number of rotatable bonds is 8. The van der Waals surface area contributed by atoms with Crippen molar-refractivity contribution in [3.05, 3.63) is 10.6 Å². The van der Waals surface area contributed by atoms with Crippen molar-refractivity contribution in [1.82, 2.24) is 10.3 Å². The smallest absolute Gasteiger partial charge is 0.185 e. The molecule has 0 aliphatic carbocycles. The summed E-state index contributed by atoms with van der Waals surface area (Å²) in [6.07, 6.45) is 0.987. The molecule has 0 saturated carbocycles. The Morgan fingerprint density at radius 3 is 2.60 bits per heavy atom. The van der Waals surface area contributed by atoms with Crippen LogP contribution >= 0.6 is 11.3 Å². The number of thiazole rings is 1. The minimum atomic E-state index is 0.281. The largest absolute Gasteiger partial charge is 0.383 e. The summed E-state index contributed by atoms with van der Waals surface area (Å²) in [5, 5.41) is 4.53. The highest BCUT2D eigenvalue weighted by Gasteiger charge is 2.18. The Hall–Kier alpha value is -0.650. The third-order valence-corrected chi connectivity index (χ3v) is 4.12. The molecule has 0 fully saturated rings. The van der Waals surface area contributed by atoms with Gasteiger partial charge < -0.3 is 15.0 Å². The summed E-state index contributed by atoms with van der Waals surface area (Å²) in [5.41, 5.74) is 1.50. The molecule has 0 aliphatic heterocycles. The zero-order chi connectivity index (χ0) is 15.2. The topological polar surface area (TPSA) is 37.4 Å². The van der Waals surface area contributed by atoms with Crippen molar-refractivity contribution < 1.29 is 4.74 Å². The van der Waals surface area contributed by atoms with E-state index in [9.17, 15) is 0 Å². The molecule has 4 nitrogen and oxygen atoms in total. The molecular formula is C15H29N3OS. The fraction of sp³-hybridized carbons (Fsp3) is 0.800. The molecule has 1 N–H and O–H groups in total. The van der Waals surface area contributed by atoms with Crippen molar-refractivity contribution in [2.24, 2.45) is 5.41 Å². The van der Waals surface area contributed by atoms with Crippen LogP contribution in [0.15, 0.2) is 0 Å². The predicted molar refractivity (Wildman–Crippen MR) is 87.8 cm³/mol. The van der Waals surface area contributed by atoms with Gasteiger partial charge in [0.05, 0.1) is 12.3 Å². The standard InChI is InChI=1S/C15H29N3OS/c1-7-12-13(10-16-8-9-19-6)20-14(17-12)18(5)11-15(2,3)4/h16H,7-11H2,1-6H3. The van der Waals surface area contributed by atoms with Gasteiger partial charge in [0, 0.05) is 38.7 Å². The van der Waals surface area contributed by atoms with E-state index in [1.54, 1.807) is 18.4 Å². The van der Waals surface area contributed by atoms with Crippen LogP contribution in [0.4, 0.5) is 5.13 Å². The normalized spacial score (nSPS) is 11.9. The van der Waals surface area contributed by atoms with E-state index in [1.165, 1.54) is 10.6 Å². The maximum Gasteiger partial charge on any atom is 0.185 e. The average molecular weight is 299 g/mol. The minimum absolute atomic E-state index is 0.281. The van der Waals surface area contributed by atoms with E-state index >= 15 is 0 Å². The summed E-state index contributed by atoms with van der Waals surface area (Å²) in [6.45, 7) is 12.5. The van der Waals surface area contributed by atoms with Gasteiger partial charge in [-0.3, -0.25) is 0 Å². The molecule has 1 aromatic heterocycles. The van der Waals surface area contributed by atoms with Crippen LogP contribution in [0.1, 0.15) is 38.3 Å². The maximum atomic E-state index is 5.05. The number of methoxy groups -OCH3 is 1. The van der Waals surface area contributed by atoms with Crippen LogP contribution in [-0.2, 0) is 17.7 Å². The van der Waals surface area contributed by atoms with Crippen molar-refractivity contribution in [3.63, 3.8) is 0 Å². The molecule has 0 radical (unpaired) electrons. The lowest BCUT2D eigenvalue weighted by molar-refractivity contribution is 0.199. The number of anilines is 1. The van der Waals surface area contributed by atoms with Crippen LogP contribution in [0, 0.1) is 5.41 Å². The first-order valence-corrected chi connectivity index (χ1v) is 8.08. The molecule has 0 bridgehead atoms. The van der Waals surface area contributed by atoms with E-state index in [0.29, 0.717) is 0 Å². The first-order chi connectivity index (χ1) is 9.37. The number of aryl methyl sites for hydroxylation is 1. The first-order valence-electron chi connectivity index (χ1n) is 7.26. The van der Waals surface area contributed by atoms with Crippen LogP contribution in [0.5, 0.6) is 0 Å². The van der Waals surface area contributed by atoms with Crippen molar-refractivity contribution >= 4 is 16.5 Å². The Morgan fingerprint density at radius 2 is 2.05 bits per heavy atom. The fourth-order valence-electron chi connectivity index (χ4n) is 2.10. The van der Waals surface area contributed by atoms with Crippen LogP contribution in [0.25, 0.3) is 0 Å². The van der Waals surface area contributed by atoms with Gasteiger partial charge in [-0.25, -0.2) is 4.98 Å². The van der Waals surface area contributed by atoms with Crippen LogP contribution in [0.3, 0.4) is 0 Å². The number of hydrogen-bond acceptors (Lipinski definition) is 5. The van der Waals surface area contributed by atoms with Gasteiger partial charge in [0.25, 0.3) is 0 Å². The second-order valence-electron chi connectivity index (χ2n) is 6.31. The fourth-order valence-corrected chi connectivity index (χ4v) is 3.18. The van der Waals surface area contributed by atoms with E-state index in [-0.39, 0.29) is 5.41 Å². The second-order valence-corrected chi connectivity index (χ2v) is 7.37. The summed E-state index contributed by atoms with van der Waals surface area (Å²) >= 11 is 1.80. The number of hydrogen-bond donors (Lipinski definition) is 1. The summed E-state index contributed by atoms with van der Waals surface area (Å²) in [7, 11) is 3.86. The number of nitrogens with one attached hydrogen (secondary N) is 1.